The zero-order chi connectivity index (χ0) is 14.3. The summed E-state index contributed by atoms with van der Waals surface area (Å²) in [7, 11) is 1.36. The lowest BCUT2D eigenvalue weighted by Gasteiger charge is -2.12. The highest BCUT2D eigenvalue weighted by molar-refractivity contribution is 5.84. The van der Waals surface area contributed by atoms with Crippen molar-refractivity contribution < 1.29 is 9.53 Å². The third-order valence-corrected chi connectivity index (χ3v) is 2.72. The average molecular weight is 257 g/mol. The van der Waals surface area contributed by atoms with Gasteiger partial charge in [0.25, 0.3) is 0 Å². The van der Waals surface area contributed by atoms with E-state index in [2.05, 4.69) is 18.2 Å². The smallest absolute Gasteiger partial charge is 0.330 e. The molecule has 1 aromatic rings. The molecule has 0 fully saturated rings. The molecule has 0 aliphatic carbocycles. The number of rotatable bonds is 6. The quantitative estimate of drug-likeness (QED) is 0.446. The van der Waals surface area contributed by atoms with Crippen molar-refractivity contribution in [1.29, 1.82) is 0 Å². The van der Waals surface area contributed by atoms with Gasteiger partial charge in [0.05, 0.1) is 7.11 Å². The van der Waals surface area contributed by atoms with Crippen LogP contribution in [0.15, 0.2) is 59.6 Å². The van der Waals surface area contributed by atoms with Gasteiger partial charge in [-0.05, 0) is 12.5 Å². The van der Waals surface area contributed by atoms with Crippen LogP contribution in [0.5, 0.6) is 0 Å². The third-order valence-electron chi connectivity index (χ3n) is 2.72. The van der Waals surface area contributed by atoms with E-state index in [-0.39, 0.29) is 5.97 Å². The highest BCUT2D eigenvalue weighted by atomic mass is 16.5. The number of benzene rings is 1. The average Bonchev–Trinajstić information content (AvgIpc) is 2.43. The van der Waals surface area contributed by atoms with Gasteiger partial charge in [0.1, 0.15) is 0 Å². The summed E-state index contributed by atoms with van der Waals surface area (Å²) in [6.07, 6.45) is 2.10. The van der Waals surface area contributed by atoms with Crippen LogP contribution in [0.1, 0.15) is 18.9 Å². The Balaban J connectivity index is 2.81. The van der Waals surface area contributed by atoms with Crippen molar-refractivity contribution in [3.8, 4) is 0 Å². The van der Waals surface area contributed by atoms with Crippen LogP contribution in [0, 0.1) is 0 Å². The molecule has 100 valence electrons. The summed E-state index contributed by atoms with van der Waals surface area (Å²) in [5.74, 6) is -0.366. The van der Waals surface area contributed by atoms with Gasteiger partial charge in [-0.1, -0.05) is 54.6 Å². The zero-order valence-electron chi connectivity index (χ0n) is 11.4. The monoisotopic (exact) mass is 257 g/mol. The summed E-state index contributed by atoms with van der Waals surface area (Å²) < 4.78 is 4.76. The van der Waals surface area contributed by atoms with Crippen molar-refractivity contribution in [2.75, 3.05) is 7.11 Å². The number of esters is 1. The van der Waals surface area contributed by atoms with Gasteiger partial charge in [0.2, 0.25) is 0 Å². The Morgan fingerprint density at radius 1 is 1.37 bits per heavy atom. The number of carbonyl (C=O) groups excluding carboxylic acids is 1. The largest absolute Gasteiger partial charge is 0.467 e. The van der Waals surface area contributed by atoms with Crippen LogP contribution >= 0.6 is 0 Å². The highest BCUT2D eigenvalue weighted by Gasteiger charge is 2.18. The predicted molar refractivity (Wildman–Crippen MR) is 78.4 cm³/mol. The van der Waals surface area contributed by atoms with E-state index in [4.69, 9.17) is 4.74 Å². The number of aliphatic imine (C=N–C) groups is 1. The minimum absolute atomic E-state index is 0.366. The first kappa shape index (κ1) is 14.9. The summed E-state index contributed by atoms with van der Waals surface area (Å²) in [5, 5.41) is 0. The van der Waals surface area contributed by atoms with Crippen LogP contribution in [0.25, 0.3) is 0 Å². The van der Waals surface area contributed by atoms with Crippen molar-refractivity contribution in [2.24, 2.45) is 4.99 Å². The Morgan fingerprint density at radius 2 is 2.00 bits per heavy atom. The van der Waals surface area contributed by atoms with Crippen LogP contribution in [0.4, 0.5) is 0 Å². The highest BCUT2D eigenvalue weighted by Crippen LogP contribution is 2.15. The number of hydrogen-bond acceptors (Lipinski definition) is 3. The SMILES string of the molecule is C=C(C)C(=C)CC(N=Cc1ccccc1)C(=O)OC. The fourth-order valence-electron chi connectivity index (χ4n) is 1.46. The van der Waals surface area contributed by atoms with Crippen LogP contribution < -0.4 is 0 Å². The Labute approximate surface area is 114 Å². The fourth-order valence-corrected chi connectivity index (χ4v) is 1.46. The van der Waals surface area contributed by atoms with Crippen molar-refractivity contribution in [3.63, 3.8) is 0 Å². The van der Waals surface area contributed by atoms with E-state index >= 15 is 0 Å². The van der Waals surface area contributed by atoms with E-state index in [1.54, 1.807) is 6.21 Å². The van der Waals surface area contributed by atoms with Crippen LogP contribution in [-0.2, 0) is 9.53 Å². The Kier molecular flexibility index (Phi) is 5.73. The fraction of sp³-hybridized carbons (Fsp3) is 0.250. The van der Waals surface area contributed by atoms with E-state index in [9.17, 15) is 4.79 Å². The molecule has 0 aromatic heterocycles. The van der Waals surface area contributed by atoms with Crippen LogP contribution in [0.2, 0.25) is 0 Å². The minimum Gasteiger partial charge on any atom is -0.467 e. The van der Waals surface area contributed by atoms with Gasteiger partial charge >= 0.3 is 5.97 Å². The van der Waals surface area contributed by atoms with Crippen molar-refractivity contribution in [1.82, 2.24) is 0 Å². The maximum absolute atomic E-state index is 11.7. The normalized spacial score (nSPS) is 12.1. The Bertz CT molecular complexity index is 489. The van der Waals surface area contributed by atoms with E-state index in [0.29, 0.717) is 6.42 Å². The lowest BCUT2D eigenvalue weighted by atomic mass is 10.0. The summed E-state index contributed by atoms with van der Waals surface area (Å²) in [5.41, 5.74) is 2.60. The van der Waals surface area contributed by atoms with Crippen LogP contribution in [-0.4, -0.2) is 25.3 Å². The topological polar surface area (TPSA) is 38.7 Å². The maximum Gasteiger partial charge on any atom is 0.330 e. The molecule has 1 atom stereocenters. The second kappa shape index (κ2) is 7.31. The number of carbonyl (C=O) groups is 1. The summed E-state index contributed by atoms with van der Waals surface area (Å²) >= 11 is 0. The first-order chi connectivity index (χ1) is 9.04. The van der Waals surface area contributed by atoms with E-state index < -0.39 is 6.04 Å². The van der Waals surface area contributed by atoms with Crippen molar-refractivity contribution >= 4 is 12.2 Å². The van der Waals surface area contributed by atoms with Gasteiger partial charge in [-0.3, -0.25) is 4.99 Å². The molecule has 0 N–H and O–H groups in total. The van der Waals surface area contributed by atoms with E-state index in [1.807, 2.05) is 37.3 Å². The van der Waals surface area contributed by atoms with Gasteiger partial charge in [0.15, 0.2) is 6.04 Å². The molecule has 0 saturated heterocycles. The molecule has 0 bridgehead atoms. The predicted octanol–water partition coefficient (Wildman–Crippen LogP) is 3.17. The molecule has 0 radical (unpaired) electrons. The number of ether oxygens (including phenoxy) is 1. The molecule has 0 aliphatic rings. The first-order valence-electron chi connectivity index (χ1n) is 6.04. The van der Waals surface area contributed by atoms with E-state index in [0.717, 1.165) is 16.7 Å². The van der Waals surface area contributed by atoms with Crippen molar-refractivity contribution in [2.45, 2.75) is 19.4 Å². The molecule has 19 heavy (non-hydrogen) atoms. The third kappa shape index (κ3) is 4.92. The van der Waals surface area contributed by atoms with Crippen LogP contribution in [0.3, 0.4) is 0 Å². The summed E-state index contributed by atoms with van der Waals surface area (Å²) in [4.78, 5) is 16.0. The van der Waals surface area contributed by atoms with E-state index in [1.165, 1.54) is 7.11 Å². The second-order valence-electron chi connectivity index (χ2n) is 4.32. The second-order valence-corrected chi connectivity index (χ2v) is 4.32. The van der Waals surface area contributed by atoms with Gasteiger partial charge in [-0.2, -0.15) is 0 Å². The molecule has 1 aromatic carbocycles. The molecule has 1 unspecified atom stereocenters. The molecule has 0 amide bonds. The summed E-state index contributed by atoms with van der Waals surface area (Å²) in [6, 6.07) is 9.03. The molecule has 0 spiro atoms. The minimum atomic E-state index is -0.575. The number of nitrogens with zero attached hydrogens (tertiary/aromatic N) is 1. The van der Waals surface area contributed by atoms with Gasteiger partial charge in [0, 0.05) is 12.6 Å². The molecule has 3 nitrogen and oxygen atoms in total. The molecule has 0 saturated carbocycles. The van der Waals surface area contributed by atoms with Gasteiger partial charge in [-0.15, -0.1) is 0 Å². The standard InChI is InChI=1S/C16H19NO2/c1-12(2)13(3)10-15(16(18)19-4)17-11-14-8-6-5-7-9-14/h5-9,11,15H,1,3,10H2,2,4H3. The lowest BCUT2D eigenvalue weighted by molar-refractivity contribution is -0.142. The first-order valence-corrected chi connectivity index (χ1v) is 6.04. The van der Waals surface area contributed by atoms with Gasteiger partial charge < -0.3 is 4.74 Å². The number of hydrogen-bond donors (Lipinski definition) is 0. The number of allylic oxidation sites excluding steroid dienone is 1. The molecule has 3 heteroatoms. The molecule has 0 heterocycles. The lowest BCUT2D eigenvalue weighted by Crippen LogP contribution is -2.21. The zero-order valence-corrected chi connectivity index (χ0v) is 11.4. The number of methoxy groups -OCH3 is 1. The van der Waals surface area contributed by atoms with Gasteiger partial charge in [-0.25, -0.2) is 4.79 Å². The maximum atomic E-state index is 11.7. The Morgan fingerprint density at radius 3 is 2.53 bits per heavy atom. The molecule has 1 rings (SSSR count). The molecular formula is C16H19NO2. The molecule has 0 aliphatic heterocycles. The molecular weight excluding hydrogens is 238 g/mol. The summed E-state index contributed by atoms with van der Waals surface area (Å²) in [6.45, 7) is 9.55. The van der Waals surface area contributed by atoms with Crippen molar-refractivity contribution in [3.05, 3.63) is 60.2 Å². The Hall–Kier alpha value is -2.16.